The van der Waals surface area contributed by atoms with Gasteiger partial charge in [0, 0.05) is 57.9 Å². The summed E-state index contributed by atoms with van der Waals surface area (Å²) in [6, 6.07) is 3.98. The third-order valence-corrected chi connectivity index (χ3v) is 7.17. The lowest BCUT2D eigenvalue weighted by Gasteiger charge is -2.41. The summed E-state index contributed by atoms with van der Waals surface area (Å²) in [5.41, 5.74) is 2.63. The smallest absolute Gasteiger partial charge is 0.298 e. The van der Waals surface area contributed by atoms with Gasteiger partial charge in [0.25, 0.3) is 0 Å². The number of nitrogens with zero attached hydrogens (tertiary/aromatic N) is 5. The molecule has 3 fully saturated rings. The highest BCUT2D eigenvalue weighted by molar-refractivity contribution is 6.07. The first-order valence-corrected chi connectivity index (χ1v) is 11.7. The molecule has 2 saturated heterocycles. The monoisotopic (exact) mass is 460 g/mol. The molecular formula is C23H30F2N6O2. The zero-order chi connectivity index (χ0) is 23.1. The Morgan fingerprint density at radius 2 is 1.94 bits per heavy atom. The Kier molecular flexibility index (Phi) is 6.05. The Balaban J connectivity index is 1.23. The quantitative estimate of drug-likeness (QED) is 0.742. The Hall–Kier alpha value is -2.59. The van der Waals surface area contributed by atoms with Crippen LogP contribution in [0.5, 0.6) is 0 Å². The number of anilines is 1. The highest BCUT2D eigenvalue weighted by atomic mass is 19.2. The van der Waals surface area contributed by atoms with E-state index in [4.69, 9.17) is 0 Å². The van der Waals surface area contributed by atoms with E-state index in [-0.39, 0.29) is 18.2 Å². The molecule has 1 saturated carbocycles. The molecule has 3 aliphatic rings. The van der Waals surface area contributed by atoms with Crippen LogP contribution in [0.3, 0.4) is 0 Å². The first kappa shape index (κ1) is 22.2. The molecule has 178 valence electrons. The zero-order valence-corrected chi connectivity index (χ0v) is 18.8. The van der Waals surface area contributed by atoms with Crippen molar-refractivity contribution in [2.24, 2.45) is 5.92 Å². The van der Waals surface area contributed by atoms with E-state index < -0.39 is 18.4 Å². The Morgan fingerprint density at radius 3 is 2.67 bits per heavy atom. The van der Waals surface area contributed by atoms with Gasteiger partial charge in [0.1, 0.15) is 12.3 Å². The number of nitrogens with one attached hydrogen (secondary N) is 1. The topological polar surface area (TPSA) is 73.2 Å². The predicted molar refractivity (Wildman–Crippen MR) is 120 cm³/mol. The maximum absolute atomic E-state index is 13.5. The number of fused-ring (bicyclic) bond motifs is 1. The van der Waals surface area contributed by atoms with Crippen LogP contribution in [0.1, 0.15) is 31.7 Å². The van der Waals surface area contributed by atoms with Crippen molar-refractivity contribution in [1.29, 1.82) is 0 Å². The molecule has 4 atom stereocenters. The first-order chi connectivity index (χ1) is 15.9. The first-order valence-electron chi connectivity index (χ1n) is 11.7. The molecule has 0 radical (unpaired) electrons. The van der Waals surface area contributed by atoms with Gasteiger partial charge in [-0.15, -0.1) is 0 Å². The number of imide groups is 1. The van der Waals surface area contributed by atoms with E-state index >= 15 is 0 Å². The van der Waals surface area contributed by atoms with Crippen molar-refractivity contribution in [3.63, 3.8) is 0 Å². The second-order valence-corrected chi connectivity index (χ2v) is 9.60. The number of piperazine rings is 1. The van der Waals surface area contributed by atoms with Crippen LogP contribution in [-0.4, -0.2) is 82.5 Å². The number of hydrogen-bond acceptors (Lipinski definition) is 5. The molecule has 10 heteroatoms. The fourth-order valence-electron chi connectivity index (χ4n) is 5.36. The molecule has 1 N–H and O–H groups in total. The number of carbonyl (C=O) groups is 2. The summed E-state index contributed by atoms with van der Waals surface area (Å²) in [6.07, 6.45) is 1.89. The Morgan fingerprint density at radius 1 is 1.15 bits per heavy atom. The number of pyridine rings is 1. The lowest BCUT2D eigenvalue weighted by Crippen LogP contribution is -2.52. The minimum atomic E-state index is -1.30. The molecule has 0 bridgehead atoms. The predicted octanol–water partition coefficient (Wildman–Crippen LogP) is 2.37. The highest BCUT2D eigenvalue weighted by Crippen LogP contribution is 2.32. The second-order valence-electron chi connectivity index (χ2n) is 9.60. The van der Waals surface area contributed by atoms with Gasteiger partial charge in [0.15, 0.2) is 0 Å². The van der Waals surface area contributed by atoms with Crippen LogP contribution in [0.2, 0.25) is 0 Å². The van der Waals surface area contributed by atoms with Gasteiger partial charge in [-0.2, -0.15) is 5.10 Å². The number of aromatic nitrogens is 2. The molecule has 0 aromatic carbocycles. The molecule has 8 nitrogen and oxygen atoms in total. The average molecular weight is 461 g/mol. The van der Waals surface area contributed by atoms with Crippen LogP contribution in [0, 0.1) is 5.92 Å². The molecule has 33 heavy (non-hydrogen) atoms. The van der Waals surface area contributed by atoms with E-state index in [1.54, 1.807) is 15.6 Å². The number of urea groups is 1. The van der Waals surface area contributed by atoms with Crippen molar-refractivity contribution >= 4 is 23.1 Å². The van der Waals surface area contributed by atoms with Crippen LogP contribution in [0.4, 0.5) is 19.3 Å². The summed E-state index contributed by atoms with van der Waals surface area (Å²) in [7, 11) is 0. The fraction of sp³-hybridized carbons (Fsp3) is 0.609. The SMILES string of the molecule is C[C@H]1CN(Cc2ccn3ncc(N4CCC(=O)NC4=O)c3c2)CCN1C[C@H]1C[C@@H](F)[C@@H](F)C1. The number of amides is 3. The number of rotatable bonds is 5. The third kappa shape index (κ3) is 4.59. The van der Waals surface area contributed by atoms with Gasteiger partial charge in [-0.05, 0) is 43.4 Å². The van der Waals surface area contributed by atoms with Gasteiger partial charge in [0.2, 0.25) is 5.91 Å². The lowest BCUT2D eigenvalue weighted by molar-refractivity contribution is -0.120. The summed E-state index contributed by atoms with van der Waals surface area (Å²) in [6.45, 7) is 6.71. The van der Waals surface area contributed by atoms with Crippen molar-refractivity contribution in [1.82, 2.24) is 24.7 Å². The minimum absolute atomic E-state index is 0.106. The zero-order valence-electron chi connectivity index (χ0n) is 18.8. The Bertz CT molecular complexity index is 1040. The number of carbonyl (C=O) groups excluding carboxylic acids is 2. The van der Waals surface area contributed by atoms with Gasteiger partial charge >= 0.3 is 6.03 Å². The summed E-state index contributed by atoms with van der Waals surface area (Å²) in [5, 5.41) is 6.71. The second kappa shape index (κ2) is 8.98. The van der Waals surface area contributed by atoms with E-state index in [9.17, 15) is 18.4 Å². The van der Waals surface area contributed by atoms with Crippen LogP contribution in [0.25, 0.3) is 5.52 Å². The minimum Gasteiger partial charge on any atom is -0.298 e. The van der Waals surface area contributed by atoms with E-state index in [0.717, 1.165) is 43.8 Å². The number of alkyl halides is 2. The number of halogens is 2. The van der Waals surface area contributed by atoms with E-state index in [1.807, 2.05) is 18.3 Å². The summed E-state index contributed by atoms with van der Waals surface area (Å²) in [4.78, 5) is 30.1. The van der Waals surface area contributed by atoms with E-state index in [0.29, 0.717) is 31.1 Å². The summed E-state index contributed by atoms with van der Waals surface area (Å²) < 4.78 is 28.8. The van der Waals surface area contributed by atoms with Crippen molar-refractivity contribution in [2.45, 2.75) is 51.1 Å². The maximum Gasteiger partial charge on any atom is 0.328 e. The third-order valence-electron chi connectivity index (χ3n) is 7.17. The molecular weight excluding hydrogens is 430 g/mol. The lowest BCUT2D eigenvalue weighted by atomic mass is 10.0. The van der Waals surface area contributed by atoms with Crippen LogP contribution in [0.15, 0.2) is 24.5 Å². The maximum atomic E-state index is 13.5. The van der Waals surface area contributed by atoms with Gasteiger partial charge in [-0.1, -0.05) is 0 Å². The summed E-state index contributed by atoms with van der Waals surface area (Å²) in [5.74, 6) is -0.155. The van der Waals surface area contributed by atoms with Gasteiger partial charge < -0.3 is 0 Å². The standard InChI is InChI=1S/C23H30F2N6O2/c1-15-12-28(6-7-29(15)14-17-8-18(24)19(25)9-17)13-16-2-5-31-20(10-16)21(11-26-31)30-4-3-22(32)27-23(30)33/h2,5,10-11,15,17-19H,3-4,6-9,12-14H2,1H3,(H,27,32,33)/t15-,17-,18+,19-/m0/s1. The summed E-state index contributed by atoms with van der Waals surface area (Å²) >= 11 is 0. The molecule has 2 aromatic heterocycles. The fourth-order valence-corrected chi connectivity index (χ4v) is 5.36. The largest absolute Gasteiger partial charge is 0.328 e. The molecule has 0 spiro atoms. The van der Waals surface area contributed by atoms with Crippen LogP contribution >= 0.6 is 0 Å². The van der Waals surface area contributed by atoms with Crippen molar-refractivity contribution < 1.29 is 18.4 Å². The van der Waals surface area contributed by atoms with Gasteiger partial charge in [-0.25, -0.2) is 18.1 Å². The van der Waals surface area contributed by atoms with Crippen molar-refractivity contribution in [3.05, 3.63) is 30.1 Å². The molecule has 1 aliphatic carbocycles. The van der Waals surface area contributed by atoms with E-state index in [2.05, 4.69) is 27.1 Å². The molecule has 5 rings (SSSR count). The molecule has 0 unspecified atom stereocenters. The molecule has 2 aliphatic heterocycles. The Labute approximate surface area is 191 Å². The van der Waals surface area contributed by atoms with Crippen molar-refractivity contribution in [3.8, 4) is 0 Å². The molecule has 4 heterocycles. The van der Waals surface area contributed by atoms with Crippen molar-refractivity contribution in [2.75, 3.05) is 37.6 Å². The normalized spacial score (nSPS) is 29.7. The number of hydrogen-bond donors (Lipinski definition) is 1. The van der Waals surface area contributed by atoms with Gasteiger partial charge in [-0.3, -0.25) is 24.8 Å². The van der Waals surface area contributed by atoms with Crippen LogP contribution in [-0.2, 0) is 11.3 Å². The van der Waals surface area contributed by atoms with Crippen LogP contribution < -0.4 is 10.2 Å². The highest BCUT2D eigenvalue weighted by Gasteiger charge is 2.36. The molecule has 3 amide bonds. The average Bonchev–Trinajstić information content (AvgIpc) is 3.32. The van der Waals surface area contributed by atoms with E-state index in [1.165, 1.54) is 0 Å². The van der Waals surface area contributed by atoms with Gasteiger partial charge in [0.05, 0.1) is 17.4 Å². The molecule has 2 aromatic rings.